The van der Waals surface area contributed by atoms with Crippen LogP contribution in [0.4, 0.5) is 19.2 Å². The summed E-state index contributed by atoms with van der Waals surface area (Å²) in [5.41, 5.74) is 11.9. The van der Waals surface area contributed by atoms with Gasteiger partial charge in [-0.15, -0.1) is 0 Å². The van der Waals surface area contributed by atoms with Crippen molar-refractivity contribution in [2.75, 3.05) is 95.1 Å². The number of imidazole rings is 2. The second kappa shape index (κ2) is 51.1. The van der Waals surface area contributed by atoms with Crippen LogP contribution in [-0.4, -0.2) is 236 Å². The third kappa shape index (κ3) is 30.1. The van der Waals surface area contributed by atoms with Crippen LogP contribution >= 0.6 is 11.6 Å². The molecule has 0 spiro atoms. The van der Waals surface area contributed by atoms with Crippen LogP contribution in [0.25, 0.3) is 45.0 Å². The number of H-pyrrole nitrogens is 2. The Kier molecular flexibility index (Phi) is 39.9. The molecule has 0 radical (unpaired) electrons. The van der Waals surface area contributed by atoms with Crippen molar-refractivity contribution in [3.05, 3.63) is 179 Å². The number of hydrogen-bond donors (Lipinski definition) is 4. The van der Waals surface area contributed by atoms with E-state index >= 15 is 0 Å². The molecule has 8 aromatic rings. The van der Waals surface area contributed by atoms with E-state index in [0.717, 1.165) is 142 Å². The molecule has 34 heteroatoms. The van der Waals surface area contributed by atoms with E-state index in [1.165, 1.54) is 42.7 Å². The summed E-state index contributed by atoms with van der Waals surface area (Å²) in [5.74, 6) is 11.8. The number of likely N-dealkylation sites (tertiary alicyclic amines) is 3. The second-order valence-electron chi connectivity index (χ2n) is 39.3. The third-order valence-electron chi connectivity index (χ3n) is 25.7. The van der Waals surface area contributed by atoms with Crippen LogP contribution in [-0.2, 0) is 80.1 Å². The van der Waals surface area contributed by atoms with Crippen LogP contribution in [0.15, 0.2) is 134 Å². The zero-order valence-electron chi connectivity index (χ0n) is 84.2. The number of piperazine rings is 1. The third-order valence-corrected chi connectivity index (χ3v) is 29.3. The van der Waals surface area contributed by atoms with Gasteiger partial charge in [0.05, 0.1) is 115 Å². The molecule has 748 valence electrons. The summed E-state index contributed by atoms with van der Waals surface area (Å²) in [6.45, 7) is 34.0. The highest BCUT2D eigenvalue weighted by molar-refractivity contribution is 6.76. The molecule has 4 aromatic carbocycles. The van der Waals surface area contributed by atoms with Crippen LogP contribution in [0.1, 0.15) is 183 Å². The second-order valence-corrected chi connectivity index (χ2v) is 50.9. The lowest BCUT2D eigenvalue weighted by Gasteiger charge is -2.41. The molecule has 4 aliphatic rings. The molecule has 4 aliphatic heterocycles. The molecule has 0 aliphatic carbocycles. The minimum absolute atomic E-state index is 0.0322. The maximum atomic E-state index is 14.3. The molecule has 4 N–H and O–H groups in total. The highest BCUT2D eigenvalue weighted by Gasteiger charge is 2.44. The van der Waals surface area contributed by atoms with Crippen molar-refractivity contribution in [3.63, 3.8) is 0 Å². The van der Waals surface area contributed by atoms with Crippen LogP contribution in [0, 0.1) is 59.2 Å². The first-order valence-electron chi connectivity index (χ1n) is 48.0. The number of aromatic nitrogens is 6. The summed E-state index contributed by atoms with van der Waals surface area (Å²) in [5, 5.41) is 5.47. The van der Waals surface area contributed by atoms with Crippen molar-refractivity contribution in [2.45, 2.75) is 214 Å². The number of carbonyl (C=O) groups excluding carboxylic acids is 10. The molecular formula is C105H140ClN13O18Si2. The molecule has 8 atom stereocenters. The van der Waals surface area contributed by atoms with Crippen molar-refractivity contribution in [3.8, 4) is 68.7 Å². The summed E-state index contributed by atoms with van der Waals surface area (Å²) >= 11 is 4.60. The van der Waals surface area contributed by atoms with Gasteiger partial charge >= 0.3 is 35.6 Å². The summed E-state index contributed by atoms with van der Waals surface area (Å²) < 4.78 is 45.3. The Morgan fingerprint density at radius 3 is 1.37 bits per heavy atom. The van der Waals surface area contributed by atoms with Crippen LogP contribution in [0.2, 0.25) is 51.4 Å². The number of benzene rings is 4. The van der Waals surface area contributed by atoms with E-state index < -0.39 is 75.8 Å². The maximum Gasteiger partial charge on any atom is 0.409 e. The molecule has 4 aromatic heterocycles. The number of alkyl carbamates (subject to hydrolysis) is 2. The van der Waals surface area contributed by atoms with Crippen molar-refractivity contribution < 1.29 is 85.8 Å². The SMILES string of the molecule is COC(=O)C[C@H](C(=O)N1CCCC[C@H]1c1nc(-c2ccc(C#Cc3ccc(-c4ccc([C@@H]5CCCN5C(=O)[C@@H](NC(=O)OC)C(C)C)n4COCC[Si](C)(C)C)cc3)cc2)cn1COCC[Si](C)(C)C)C(C)C.COC(=O)C[C@H](C(=O)N1CCN(C(=O)OC)C[C@H]1c1ncc(-c2ccc(C#Cc3ccc(-c4ccc([C@@H]5CCCN5C(=O)[C@@H](NC(=O)OC)C(C)C)[nH]4)cc3)cc2)[nH]1)C(C)C.COC(=O)Cl. The molecule has 0 unspecified atom stereocenters. The van der Waals surface area contributed by atoms with Crippen LogP contribution in [0.3, 0.4) is 0 Å². The van der Waals surface area contributed by atoms with Gasteiger partial charge in [0.25, 0.3) is 0 Å². The monoisotopic (exact) mass is 1960 g/mol. The zero-order valence-corrected chi connectivity index (χ0v) is 87.0. The van der Waals surface area contributed by atoms with E-state index in [-0.39, 0.29) is 104 Å². The van der Waals surface area contributed by atoms with Crippen LogP contribution < -0.4 is 10.6 Å². The fourth-order valence-corrected chi connectivity index (χ4v) is 19.0. The van der Waals surface area contributed by atoms with Gasteiger partial charge in [-0.25, -0.2) is 29.1 Å². The number of amides is 7. The van der Waals surface area contributed by atoms with E-state index in [9.17, 15) is 47.9 Å². The van der Waals surface area contributed by atoms with Crippen molar-refractivity contribution >= 4 is 87.0 Å². The molecule has 31 nitrogen and oxygen atoms in total. The average molecular weight is 1960 g/mol. The predicted molar refractivity (Wildman–Crippen MR) is 539 cm³/mol. The van der Waals surface area contributed by atoms with E-state index in [2.05, 4.69) is 138 Å². The minimum Gasteiger partial charge on any atom is -0.469 e. The number of piperidine rings is 1. The quantitative estimate of drug-likeness (QED) is 0.00760. The average Bonchev–Trinajstić information content (AvgIpc) is 1.69. The van der Waals surface area contributed by atoms with Gasteiger partial charge in [-0.05, 0) is 170 Å². The molecule has 12 rings (SSSR count). The van der Waals surface area contributed by atoms with E-state index in [4.69, 9.17) is 38.1 Å². The first kappa shape index (κ1) is 109. The largest absolute Gasteiger partial charge is 0.469 e. The Hall–Kier alpha value is -12.3. The van der Waals surface area contributed by atoms with Gasteiger partial charge in [0, 0.05) is 125 Å². The molecule has 0 bridgehead atoms. The molecular weight excluding hydrogens is 1820 g/mol. The Morgan fingerprint density at radius 2 is 0.899 bits per heavy atom. The zero-order chi connectivity index (χ0) is 101. The normalized spacial score (nSPS) is 16.8. The number of rotatable bonds is 32. The summed E-state index contributed by atoms with van der Waals surface area (Å²) in [6, 6.07) is 39.9. The van der Waals surface area contributed by atoms with Gasteiger partial charge < -0.3 is 92.1 Å². The summed E-state index contributed by atoms with van der Waals surface area (Å²) in [7, 11) is 5.18. The number of aromatic amines is 2. The predicted octanol–water partition coefficient (Wildman–Crippen LogP) is 18.3. The van der Waals surface area contributed by atoms with Gasteiger partial charge in [0.1, 0.15) is 43.2 Å². The van der Waals surface area contributed by atoms with Crippen LogP contribution in [0.5, 0.6) is 0 Å². The maximum absolute atomic E-state index is 14.3. The number of esters is 2. The van der Waals surface area contributed by atoms with Gasteiger partial charge in [-0.1, -0.05) is 167 Å². The first-order chi connectivity index (χ1) is 66.2. The van der Waals surface area contributed by atoms with Crippen molar-refractivity contribution in [1.29, 1.82) is 0 Å². The number of hydrogen-bond acceptors (Lipinski definition) is 20. The number of nitrogens with one attached hydrogen (secondary N) is 4. The van der Waals surface area contributed by atoms with Gasteiger partial charge in [-0.2, -0.15) is 0 Å². The van der Waals surface area contributed by atoms with Crippen molar-refractivity contribution in [1.82, 2.24) is 64.2 Å². The minimum atomic E-state index is -1.33. The summed E-state index contributed by atoms with van der Waals surface area (Å²) in [4.78, 5) is 152. The Labute approximate surface area is 824 Å². The first-order valence-corrected chi connectivity index (χ1v) is 55.8. The fraction of sp³-hybridized carbons (Fsp3) is 0.505. The lowest BCUT2D eigenvalue weighted by Crippen LogP contribution is -2.54. The van der Waals surface area contributed by atoms with Crippen molar-refractivity contribution in [2.24, 2.45) is 35.5 Å². The Balaban J connectivity index is 0.000000277. The highest BCUT2D eigenvalue weighted by Crippen LogP contribution is 2.41. The van der Waals surface area contributed by atoms with E-state index in [1.807, 2.05) is 173 Å². The Bertz CT molecular complexity index is 5620. The van der Waals surface area contributed by atoms with Gasteiger partial charge in [0.15, 0.2) is 0 Å². The standard InChI is InChI=1S/C57H82N6O8Si2.C46H55N7O8.C2H3ClO2/c1-40(2)46(36-52(64)68-5)55(65)62-30-14-13-16-51(62)54-58-47(37-60(54)38-70-32-34-72(7,8)9)44-24-20-42(21-25-44)18-19-43-22-26-45(27-23-43)48-28-29-50(63(48)39-71-33-35-73(10,11)12)49-17-15-31-61(49)56(66)53(41(3)4)59-57(67)69-6;1-28(2)34(25-40(54)59-5)43(55)53-24-23-51(46(58)61-7)27-39(53)42-47-26-37(49-42)33-18-14-31(15-19-33)11-10-30-12-16-32(17-13-30)35-20-21-36(48-35)38-9-8-22-52(38)44(56)41(29(3)4)50-45(57)60-6;1-5-2(3)4/h20-29,37,40-41,46,49,51,53H,13-17,30-36,38-39H2,1-12H3,(H,59,67);12-21,26,28-29,34,38-39,41,48H,8-9,22-25,27H2,1-7H3,(H,47,49)(H,50,57);1H3/t46-,49-,51-,53-;34-,38-,39-,41-;/m00./s1. The number of carbonyl (C=O) groups is 10. The summed E-state index contributed by atoms with van der Waals surface area (Å²) in [6.07, 6.45) is 8.01. The molecule has 4 saturated heterocycles. The number of nitrogens with zero attached hydrogens (tertiary/aromatic N) is 9. The molecule has 139 heavy (non-hydrogen) atoms. The topological polar surface area (TPSA) is 352 Å². The molecule has 0 saturated carbocycles. The smallest absolute Gasteiger partial charge is 0.409 e. The van der Waals surface area contributed by atoms with Gasteiger partial charge in [0.2, 0.25) is 23.6 Å². The molecule has 4 fully saturated rings. The van der Waals surface area contributed by atoms with E-state index in [0.29, 0.717) is 52.1 Å². The Morgan fingerprint density at radius 1 is 0.453 bits per heavy atom. The van der Waals surface area contributed by atoms with E-state index in [1.54, 1.807) is 16.0 Å². The number of halogens is 1. The molecule has 8 heterocycles. The lowest BCUT2D eigenvalue weighted by molar-refractivity contribution is -0.150. The number of methoxy groups -OCH3 is 6. The van der Waals surface area contributed by atoms with Gasteiger partial charge in [-0.3, -0.25) is 28.8 Å². The molecule has 7 amide bonds. The highest BCUT2D eigenvalue weighted by atomic mass is 35.5. The fourth-order valence-electron chi connectivity index (χ4n) is 17.5. The lowest BCUT2D eigenvalue weighted by atomic mass is 9.89. The number of ether oxygens (including phenoxy) is 8.